The van der Waals surface area contributed by atoms with Crippen LogP contribution in [0.2, 0.25) is 0 Å². The SMILES string of the molecule is Cn1ccnc(NCCOC2CCCCCC2)c1=O. The van der Waals surface area contributed by atoms with E-state index in [4.69, 9.17) is 4.74 Å². The van der Waals surface area contributed by atoms with Gasteiger partial charge in [-0.25, -0.2) is 4.98 Å². The number of ether oxygens (including phenoxy) is 1. The second kappa shape index (κ2) is 7.28. The summed E-state index contributed by atoms with van der Waals surface area (Å²) >= 11 is 0. The highest BCUT2D eigenvalue weighted by atomic mass is 16.5. The Morgan fingerprint density at radius 1 is 1.37 bits per heavy atom. The monoisotopic (exact) mass is 265 g/mol. The normalized spacial score (nSPS) is 17.1. The summed E-state index contributed by atoms with van der Waals surface area (Å²) in [5, 5.41) is 3.04. The minimum atomic E-state index is -0.100. The summed E-state index contributed by atoms with van der Waals surface area (Å²) in [6.45, 7) is 1.26. The molecule has 5 heteroatoms. The van der Waals surface area contributed by atoms with Crippen LogP contribution in [-0.2, 0) is 11.8 Å². The van der Waals surface area contributed by atoms with Gasteiger partial charge in [0.2, 0.25) is 0 Å². The zero-order valence-electron chi connectivity index (χ0n) is 11.6. The molecular weight excluding hydrogens is 242 g/mol. The standard InChI is InChI=1S/C14H23N3O2/c1-17-10-8-15-13(14(17)18)16-9-11-19-12-6-4-2-3-5-7-12/h8,10,12H,2-7,9,11H2,1H3,(H,15,16). The molecule has 1 N–H and O–H groups in total. The molecule has 0 aliphatic heterocycles. The van der Waals surface area contributed by atoms with Crippen molar-refractivity contribution in [1.29, 1.82) is 0 Å². The predicted octanol–water partition coefficient (Wildman–Crippen LogP) is 1.93. The topological polar surface area (TPSA) is 56.1 Å². The van der Waals surface area contributed by atoms with E-state index in [1.807, 2.05) is 0 Å². The van der Waals surface area contributed by atoms with Crippen LogP contribution in [0.1, 0.15) is 38.5 Å². The molecule has 106 valence electrons. The van der Waals surface area contributed by atoms with E-state index in [1.54, 1.807) is 19.4 Å². The zero-order valence-corrected chi connectivity index (χ0v) is 11.6. The molecule has 0 unspecified atom stereocenters. The first kappa shape index (κ1) is 14.1. The van der Waals surface area contributed by atoms with Gasteiger partial charge in [-0.05, 0) is 12.8 Å². The number of hydrogen-bond acceptors (Lipinski definition) is 4. The molecule has 1 aromatic heterocycles. The van der Waals surface area contributed by atoms with Crippen LogP contribution in [-0.4, -0.2) is 28.8 Å². The van der Waals surface area contributed by atoms with Crippen LogP contribution in [0, 0.1) is 0 Å². The molecule has 2 rings (SSSR count). The van der Waals surface area contributed by atoms with Crippen molar-refractivity contribution >= 4 is 5.82 Å². The van der Waals surface area contributed by atoms with Gasteiger partial charge < -0.3 is 14.6 Å². The summed E-state index contributed by atoms with van der Waals surface area (Å²) in [7, 11) is 1.72. The third kappa shape index (κ3) is 4.35. The van der Waals surface area contributed by atoms with E-state index >= 15 is 0 Å². The number of nitrogens with zero attached hydrogens (tertiary/aromatic N) is 2. The maximum atomic E-state index is 11.7. The molecule has 1 aromatic rings. The van der Waals surface area contributed by atoms with Gasteiger partial charge in [-0.2, -0.15) is 0 Å². The van der Waals surface area contributed by atoms with Crippen LogP contribution in [0.25, 0.3) is 0 Å². The number of hydrogen-bond donors (Lipinski definition) is 1. The van der Waals surface area contributed by atoms with Crippen LogP contribution in [0.5, 0.6) is 0 Å². The lowest BCUT2D eigenvalue weighted by Crippen LogP contribution is -2.24. The fourth-order valence-corrected chi connectivity index (χ4v) is 2.42. The highest BCUT2D eigenvalue weighted by Gasteiger charge is 2.12. The minimum Gasteiger partial charge on any atom is -0.376 e. The molecule has 5 nitrogen and oxygen atoms in total. The summed E-state index contributed by atoms with van der Waals surface area (Å²) in [6, 6.07) is 0. The van der Waals surface area contributed by atoms with E-state index in [9.17, 15) is 4.79 Å². The van der Waals surface area contributed by atoms with Crippen LogP contribution in [0.4, 0.5) is 5.82 Å². The Morgan fingerprint density at radius 3 is 2.84 bits per heavy atom. The quantitative estimate of drug-likeness (QED) is 0.653. The molecule has 19 heavy (non-hydrogen) atoms. The smallest absolute Gasteiger partial charge is 0.293 e. The first-order valence-electron chi connectivity index (χ1n) is 7.14. The molecule has 0 saturated heterocycles. The van der Waals surface area contributed by atoms with E-state index in [0.717, 1.165) is 0 Å². The Hall–Kier alpha value is -1.36. The van der Waals surface area contributed by atoms with Crippen molar-refractivity contribution in [2.24, 2.45) is 7.05 Å². The fourth-order valence-electron chi connectivity index (χ4n) is 2.42. The number of aryl methyl sites for hydroxylation is 1. The van der Waals surface area contributed by atoms with Gasteiger partial charge in [0.15, 0.2) is 5.82 Å². The molecule has 0 amide bonds. The van der Waals surface area contributed by atoms with Crippen molar-refractivity contribution in [3.63, 3.8) is 0 Å². The lowest BCUT2D eigenvalue weighted by atomic mass is 10.1. The molecule has 1 aliphatic rings. The van der Waals surface area contributed by atoms with E-state index in [1.165, 1.54) is 43.1 Å². The van der Waals surface area contributed by atoms with E-state index in [2.05, 4.69) is 10.3 Å². The number of aromatic nitrogens is 2. The van der Waals surface area contributed by atoms with Gasteiger partial charge in [0.05, 0.1) is 12.7 Å². The van der Waals surface area contributed by atoms with Crippen LogP contribution < -0.4 is 10.9 Å². The van der Waals surface area contributed by atoms with Crippen LogP contribution >= 0.6 is 0 Å². The highest BCUT2D eigenvalue weighted by Crippen LogP contribution is 2.19. The third-order valence-corrected chi connectivity index (χ3v) is 3.57. The summed E-state index contributed by atoms with van der Waals surface area (Å²) < 4.78 is 7.37. The van der Waals surface area contributed by atoms with Crippen molar-refractivity contribution in [3.8, 4) is 0 Å². The Balaban J connectivity index is 1.71. The van der Waals surface area contributed by atoms with Gasteiger partial charge in [-0.15, -0.1) is 0 Å². The van der Waals surface area contributed by atoms with Gasteiger partial charge in [0.1, 0.15) is 0 Å². The number of rotatable bonds is 5. The third-order valence-electron chi connectivity index (χ3n) is 3.57. The Bertz CT molecular complexity index is 437. The Labute approximate surface area is 114 Å². The Morgan fingerprint density at radius 2 is 2.11 bits per heavy atom. The second-order valence-corrected chi connectivity index (χ2v) is 5.10. The summed E-state index contributed by atoms with van der Waals surface area (Å²) in [6.07, 6.45) is 11.2. The number of nitrogens with one attached hydrogen (secondary N) is 1. The van der Waals surface area contributed by atoms with Crippen molar-refractivity contribution < 1.29 is 4.74 Å². The maximum absolute atomic E-state index is 11.7. The minimum absolute atomic E-state index is 0.100. The van der Waals surface area contributed by atoms with Crippen molar-refractivity contribution in [1.82, 2.24) is 9.55 Å². The average Bonchev–Trinajstić information content (AvgIpc) is 2.68. The second-order valence-electron chi connectivity index (χ2n) is 5.10. The first-order chi connectivity index (χ1) is 9.27. The number of anilines is 1. The molecular formula is C14H23N3O2. The van der Waals surface area contributed by atoms with E-state index in [0.29, 0.717) is 25.1 Å². The van der Waals surface area contributed by atoms with Gasteiger partial charge in [0.25, 0.3) is 5.56 Å². The molecule has 0 aromatic carbocycles. The summed E-state index contributed by atoms with van der Waals surface area (Å²) in [4.78, 5) is 15.7. The maximum Gasteiger partial charge on any atom is 0.293 e. The molecule has 0 atom stereocenters. The molecule has 0 spiro atoms. The highest BCUT2D eigenvalue weighted by molar-refractivity contribution is 5.30. The van der Waals surface area contributed by atoms with Gasteiger partial charge in [-0.3, -0.25) is 4.79 Å². The van der Waals surface area contributed by atoms with Gasteiger partial charge in [0, 0.05) is 26.0 Å². The average molecular weight is 265 g/mol. The van der Waals surface area contributed by atoms with Crippen LogP contribution in [0.3, 0.4) is 0 Å². The fraction of sp³-hybridized carbons (Fsp3) is 0.714. The summed E-state index contributed by atoms with van der Waals surface area (Å²) in [5.74, 6) is 0.398. The molecule has 0 bridgehead atoms. The van der Waals surface area contributed by atoms with Crippen molar-refractivity contribution in [2.45, 2.75) is 44.6 Å². The van der Waals surface area contributed by atoms with Gasteiger partial charge in [-0.1, -0.05) is 25.7 Å². The first-order valence-corrected chi connectivity index (χ1v) is 7.14. The molecule has 1 fully saturated rings. The van der Waals surface area contributed by atoms with Crippen molar-refractivity contribution in [3.05, 3.63) is 22.7 Å². The molecule has 0 radical (unpaired) electrons. The van der Waals surface area contributed by atoms with E-state index < -0.39 is 0 Å². The van der Waals surface area contributed by atoms with Crippen molar-refractivity contribution in [2.75, 3.05) is 18.5 Å². The van der Waals surface area contributed by atoms with Gasteiger partial charge >= 0.3 is 0 Å². The summed E-state index contributed by atoms with van der Waals surface area (Å²) in [5.41, 5.74) is -0.100. The zero-order chi connectivity index (χ0) is 13.5. The molecule has 1 heterocycles. The largest absolute Gasteiger partial charge is 0.376 e. The van der Waals surface area contributed by atoms with Crippen LogP contribution in [0.15, 0.2) is 17.2 Å². The lowest BCUT2D eigenvalue weighted by molar-refractivity contribution is 0.0501. The molecule has 1 saturated carbocycles. The Kier molecular flexibility index (Phi) is 5.39. The molecule has 1 aliphatic carbocycles. The lowest BCUT2D eigenvalue weighted by Gasteiger charge is -2.15. The van der Waals surface area contributed by atoms with E-state index in [-0.39, 0.29) is 5.56 Å². The predicted molar refractivity (Wildman–Crippen MR) is 75.4 cm³/mol.